The van der Waals surface area contributed by atoms with Gasteiger partial charge in [0.1, 0.15) is 5.82 Å². The van der Waals surface area contributed by atoms with Crippen LogP contribution in [0.3, 0.4) is 0 Å². The highest BCUT2D eigenvalue weighted by molar-refractivity contribution is 5.95. The van der Waals surface area contributed by atoms with Crippen molar-refractivity contribution in [3.05, 3.63) is 65.5 Å². The Labute approximate surface area is 146 Å². The van der Waals surface area contributed by atoms with Crippen molar-refractivity contribution < 1.29 is 14.0 Å². The third-order valence-electron chi connectivity index (χ3n) is 3.99. The van der Waals surface area contributed by atoms with E-state index in [1.807, 2.05) is 6.92 Å². The molecule has 25 heavy (non-hydrogen) atoms. The molecule has 0 fully saturated rings. The van der Waals surface area contributed by atoms with Crippen LogP contribution in [0, 0.1) is 5.82 Å². The average Bonchev–Trinajstić information content (AvgIpc) is 2.61. The Kier molecular flexibility index (Phi) is 6.11. The van der Waals surface area contributed by atoms with Crippen molar-refractivity contribution in [2.75, 3.05) is 18.9 Å². The summed E-state index contributed by atoms with van der Waals surface area (Å²) in [4.78, 5) is 25.5. The molecule has 0 aromatic heterocycles. The van der Waals surface area contributed by atoms with Crippen LogP contribution in [0.5, 0.6) is 0 Å². The summed E-state index contributed by atoms with van der Waals surface area (Å²) < 4.78 is 13.9. The fourth-order valence-corrected chi connectivity index (χ4v) is 2.38. The van der Waals surface area contributed by atoms with E-state index in [0.29, 0.717) is 23.4 Å². The molecule has 2 rings (SSSR count). The average molecular weight is 343 g/mol. The Morgan fingerprint density at radius 2 is 1.76 bits per heavy atom. The summed E-state index contributed by atoms with van der Waals surface area (Å²) in [5.41, 5.74) is 1.53. The number of rotatable bonds is 5. The molecule has 0 bridgehead atoms. The Morgan fingerprint density at radius 3 is 2.36 bits per heavy atom. The predicted molar refractivity (Wildman–Crippen MR) is 96.0 cm³/mol. The summed E-state index contributed by atoms with van der Waals surface area (Å²) >= 11 is 0. The first kappa shape index (κ1) is 18.4. The van der Waals surface area contributed by atoms with Crippen LogP contribution < -0.4 is 10.6 Å². The van der Waals surface area contributed by atoms with Crippen molar-refractivity contribution in [2.24, 2.45) is 0 Å². The van der Waals surface area contributed by atoms with Crippen molar-refractivity contribution in [1.29, 1.82) is 0 Å². The molecule has 2 aromatic carbocycles. The molecule has 0 aliphatic heterocycles. The number of nitrogens with zero attached hydrogens (tertiary/aromatic N) is 1. The largest absolute Gasteiger partial charge is 0.352 e. The lowest BCUT2D eigenvalue weighted by Crippen LogP contribution is -2.34. The summed E-state index contributed by atoms with van der Waals surface area (Å²) in [6.07, 6.45) is 0. The van der Waals surface area contributed by atoms with Gasteiger partial charge in [0.15, 0.2) is 0 Å². The lowest BCUT2D eigenvalue weighted by atomic mass is 10.1. The predicted octanol–water partition coefficient (Wildman–Crippen LogP) is 3.80. The number of benzene rings is 2. The van der Waals surface area contributed by atoms with Gasteiger partial charge in [0.05, 0.1) is 6.04 Å². The third-order valence-corrected chi connectivity index (χ3v) is 3.99. The standard InChI is InChI=1S/C19H22FN3O2/c1-4-21-18(24)14-9-11-15(12-10-14)22-19(25)23(3)13(2)16-7-5-6-8-17(16)20/h5-13H,4H2,1-3H3,(H,21,24)(H,22,25). The number of nitrogens with one attached hydrogen (secondary N) is 2. The van der Waals surface area contributed by atoms with Gasteiger partial charge >= 0.3 is 6.03 Å². The molecular formula is C19H22FN3O2. The second kappa shape index (κ2) is 8.28. The van der Waals surface area contributed by atoms with Crippen LogP contribution in [0.4, 0.5) is 14.9 Å². The molecule has 0 spiro atoms. The van der Waals surface area contributed by atoms with Crippen molar-refractivity contribution in [1.82, 2.24) is 10.2 Å². The first-order chi connectivity index (χ1) is 11.9. The number of urea groups is 1. The van der Waals surface area contributed by atoms with Crippen molar-refractivity contribution in [3.8, 4) is 0 Å². The van der Waals surface area contributed by atoms with Crippen LogP contribution in [0.2, 0.25) is 0 Å². The molecule has 0 radical (unpaired) electrons. The first-order valence-corrected chi connectivity index (χ1v) is 8.10. The van der Waals surface area contributed by atoms with Gasteiger partial charge in [-0.1, -0.05) is 18.2 Å². The Hall–Kier alpha value is -2.89. The Balaban J connectivity index is 2.03. The van der Waals surface area contributed by atoms with E-state index in [1.165, 1.54) is 11.0 Å². The smallest absolute Gasteiger partial charge is 0.322 e. The molecule has 0 saturated heterocycles. The summed E-state index contributed by atoms with van der Waals surface area (Å²) in [6.45, 7) is 4.16. The van der Waals surface area contributed by atoms with Gasteiger partial charge in [-0.05, 0) is 44.2 Å². The lowest BCUT2D eigenvalue weighted by Gasteiger charge is -2.26. The molecule has 6 heteroatoms. The zero-order valence-electron chi connectivity index (χ0n) is 14.5. The van der Waals surface area contributed by atoms with Crippen LogP contribution in [-0.4, -0.2) is 30.4 Å². The van der Waals surface area contributed by atoms with Crippen LogP contribution in [0.1, 0.15) is 35.8 Å². The molecule has 0 aliphatic rings. The first-order valence-electron chi connectivity index (χ1n) is 8.10. The molecule has 1 atom stereocenters. The number of hydrogen-bond acceptors (Lipinski definition) is 2. The Morgan fingerprint density at radius 1 is 1.12 bits per heavy atom. The van der Waals surface area contributed by atoms with Crippen LogP contribution in [-0.2, 0) is 0 Å². The van der Waals surface area contributed by atoms with E-state index in [1.54, 1.807) is 56.4 Å². The molecule has 5 nitrogen and oxygen atoms in total. The van der Waals surface area contributed by atoms with Crippen LogP contribution in [0.25, 0.3) is 0 Å². The number of halogens is 1. The number of carbonyl (C=O) groups is 2. The number of carbonyl (C=O) groups excluding carboxylic acids is 2. The SMILES string of the molecule is CCNC(=O)c1ccc(NC(=O)N(C)C(C)c2ccccc2F)cc1. The van der Waals surface area contributed by atoms with E-state index in [2.05, 4.69) is 10.6 Å². The molecule has 1 unspecified atom stereocenters. The number of amides is 3. The van der Waals surface area contributed by atoms with Crippen LogP contribution in [0.15, 0.2) is 48.5 Å². The normalized spacial score (nSPS) is 11.5. The van der Waals surface area contributed by atoms with E-state index in [-0.39, 0.29) is 17.8 Å². The molecule has 2 N–H and O–H groups in total. The lowest BCUT2D eigenvalue weighted by molar-refractivity contribution is 0.0956. The maximum Gasteiger partial charge on any atom is 0.322 e. The third kappa shape index (κ3) is 4.56. The maximum absolute atomic E-state index is 13.9. The van der Waals surface area contributed by atoms with E-state index in [0.717, 1.165) is 0 Å². The second-order valence-corrected chi connectivity index (χ2v) is 5.68. The van der Waals surface area contributed by atoms with Crippen LogP contribution >= 0.6 is 0 Å². The van der Waals surface area contributed by atoms with Gasteiger partial charge in [-0.15, -0.1) is 0 Å². The van der Waals surface area contributed by atoms with Gasteiger partial charge in [-0.25, -0.2) is 9.18 Å². The minimum absolute atomic E-state index is 0.161. The van der Waals surface area contributed by atoms with Crippen molar-refractivity contribution in [3.63, 3.8) is 0 Å². The summed E-state index contributed by atoms with van der Waals surface area (Å²) in [5, 5.41) is 5.45. The minimum Gasteiger partial charge on any atom is -0.352 e. The van der Waals surface area contributed by atoms with Gasteiger partial charge in [0.25, 0.3) is 5.91 Å². The van der Waals surface area contributed by atoms with Gasteiger partial charge in [-0.2, -0.15) is 0 Å². The second-order valence-electron chi connectivity index (χ2n) is 5.68. The van der Waals surface area contributed by atoms with Crippen molar-refractivity contribution in [2.45, 2.75) is 19.9 Å². The highest BCUT2D eigenvalue weighted by Gasteiger charge is 2.20. The fourth-order valence-electron chi connectivity index (χ4n) is 2.38. The monoisotopic (exact) mass is 343 g/mol. The van der Waals surface area contributed by atoms with E-state index < -0.39 is 6.04 Å². The fraction of sp³-hybridized carbons (Fsp3) is 0.263. The quantitative estimate of drug-likeness (QED) is 0.867. The molecule has 132 valence electrons. The molecule has 3 amide bonds. The minimum atomic E-state index is -0.421. The summed E-state index contributed by atoms with van der Waals surface area (Å²) in [6, 6.07) is 12.2. The summed E-state index contributed by atoms with van der Waals surface area (Å²) in [5.74, 6) is -0.508. The molecule has 0 aliphatic carbocycles. The number of anilines is 1. The molecule has 0 heterocycles. The highest BCUT2D eigenvalue weighted by Crippen LogP contribution is 2.22. The van der Waals surface area contributed by atoms with E-state index in [9.17, 15) is 14.0 Å². The Bertz CT molecular complexity index is 747. The highest BCUT2D eigenvalue weighted by atomic mass is 19.1. The van der Waals surface area contributed by atoms with E-state index >= 15 is 0 Å². The zero-order chi connectivity index (χ0) is 18.4. The topological polar surface area (TPSA) is 61.4 Å². The van der Waals surface area contributed by atoms with Gasteiger partial charge in [-0.3, -0.25) is 4.79 Å². The van der Waals surface area contributed by atoms with Gasteiger partial charge in [0, 0.05) is 30.4 Å². The molecule has 2 aromatic rings. The van der Waals surface area contributed by atoms with Crippen molar-refractivity contribution >= 4 is 17.6 Å². The maximum atomic E-state index is 13.9. The van der Waals surface area contributed by atoms with Gasteiger partial charge in [0.2, 0.25) is 0 Å². The molecule has 0 saturated carbocycles. The van der Waals surface area contributed by atoms with E-state index in [4.69, 9.17) is 0 Å². The molecular weight excluding hydrogens is 321 g/mol. The zero-order valence-corrected chi connectivity index (χ0v) is 14.5. The van der Waals surface area contributed by atoms with Gasteiger partial charge < -0.3 is 15.5 Å². The number of hydrogen-bond donors (Lipinski definition) is 2. The summed E-state index contributed by atoms with van der Waals surface area (Å²) in [7, 11) is 1.61.